The van der Waals surface area contributed by atoms with Crippen LogP contribution in [0.25, 0.3) is 0 Å². The summed E-state index contributed by atoms with van der Waals surface area (Å²) in [6, 6.07) is 9.35. The minimum atomic E-state index is 0.268. The molecule has 0 aliphatic carbocycles. The van der Waals surface area contributed by atoms with Gasteiger partial charge in [0.25, 0.3) is 0 Å². The minimum Gasteiger partial charge on any atom is -0.371 e. The van der Waals surface area contributed by atoms with Crippen LogP contribution in [0, 0.1) is 5.92 Å². The topological polar surface area (TPSA) is 23.6 Å². The van der Waals surface area contributed by atoms with Crippen molar-refractivity contribution < 1.29 is 4.79 Å². The Hall–Kier alpha value is -1.51. The van der Waals surface area contributed by atoms with Gasteiger partial charge in [0.1, 0.15) is 0 Å². The molecule has 0 radical (unpaired) electrons. The van der Waals surface area contributed by atoms with E-state index in [4.69, 9.17) is 0 Å². The number of fused-ring (bicyclic) bond motifs is 1. The van der Waals surface area contributed by atoms with E-state index in [0.717, 1.165) is 25.8 Å². The predicted octanol–water partition coefficient (Wildman–Crippen LogP) is 3.21. The molecule has 2 aliphatic rings. The second-order valence-corrected chi connectivity index (χ2v) is 6.42. The molecule has 0 spiro atoms. The highest BCUT2D eigenvalue weighted by Crippen LogP contribution is 2.42. The van der Waals surface area contributed by atoms with E-state index in [1.807, 2.05) is 0 Å². The van der Waals surface area contributed by atoms with Crippen LogP contribution in [0.2, 0.25) is 0 Å². The van der Waals surface area contributed by atoms with Gasteiger partial charge in [-0.15, -0.1) is 0 Å². The number of rotatable bonds is 2. The SMILES string of the molecule is CC(C)[C@@H]1C[C@H](N2CCCC2=O)c2ccccc2N1C. The molecule has 1 fully saturated rings. The highest BCUT2D eigenvalue weighted by Gasteiger charge is 2.38. The van der Waals surface area contributed by atoms with Crippen LogP contribution in [0.1, 0.15) is 44.7 Å². The van der Waals surface area contributed by atoms with E-state index in [2.05, 4.69) is 55.0 Å². The molecule has 1 saturated heterocycles. The van der Waals surface area contributed by atoms with E-state index < -0.39 is 0 Å². The first-order valence-corrected chi connectivity index (χ1v) is 7.71. The van der Waals surface area contributed by atoms with Crippen LogP contribution in [0.3, 0.4) is 0 Å². The molecule has 3 heteroatoms. The summed E-state index contributed by atoms with van der Waals surface area (Å²) in [7, 11) is 2.19. The third-order valence-electron chi connectivity index (χ3n) is 4.89. The fourth-order valence-corrected chi connectivity index (χ4v) is 3.80. The molecule has 1 aromatic carbocycles. The van der Waals surface area contributed by atoms with E-state index in [9.17, 15) is 4.79 Å². The molecule has 20 heavy (non-hydrogen) atoms. The molecule has 108 valence electrons. The Morgan fingerprint density at radius 3 is 2.65 bits per heavy atom. The fraction of sp³-hybridized carbons (Fsp3) is 0.588. The molecule has 0 saturated carbocycles. The monoisotopic (exact) mass is 272 g/mol. The van der Waals surface area contributed by atoms with Crippen molar-refractivity contribution in [1.82, 2.24) is 4.90 Å². The van der Waals surface area contributed by atoms with E-state index in [1.54, 1.807) is 0 Å². The normalized spacial score (nSPS) is 26.3. The van der Waals surface area contributed by atoms with Crippen molar-refractivity contribution in [1.29, 1.82) is 0 Å². The minimum absolute atomic E-state index is 0.268. The summed E-state index contributed by atoms with van der Waals surface area (Å²) in [5.41, 5.74) is 2.62. The van der Waals surface area contributed by atoms with Gasteiger partial charge in [0.05, 0.1) is 6.04 Å². The fourth-order valence-electron chi connectivity index (χ4n) is 3.80. The van der Waals surface area contributed by atoms with Crippen LogP contribution in [-0.2, 0) is 4.79 Å². The third-order valence-corrected chi connectivity index (χ3v) is 4.89. The van der Waals surface area contributed by atoms with Gasteiger partial charge in [-0.05, 0) is 30.4 Å². The molecule has 2 atom stereocenters. The molecule has 2 heterocycles. The Bertz CT molecular complexity index is 511. The number of carbonyl (C=O) groups is 1. The summed E-state index contributed by atoms with van der Waals surface area (Å²) in [5.74, 6) is 0.922. The van der Waals surface area contributed by atoms with Gasteiger partial charge in [-0.3, -0.25) is 4.79 Å². The second kappa shape index (κ2) is 5.12. The van der Waals surface area contributed by atoms with E-state index >= 15 is 0 Å². The average Bonchev–Trinajstić information content (AvgIpc) is 2.85. The highest BCUT2D eigenvalue weighted by atomic mass is 16.2. The van der Waals surface area contributed by atoms with E-state index in [1.165, 1.54) is 11.3 Å². The highest BCUT2D eigenvalue weighted by molar-refractivity contribution is 5.79. The maximum absolute atomic E-state index is 12.2. The molecule has 0 bridgehead atoms. The third kappa shape index (κ3) is 2.09. The van der Waals surface area contributed by atoms with E-state index in [-0.39, 0.29) is 6.04 Å². The first-order valence-electron chi connectivity index (χ1n) is 7.71. The summed E-state index contributed by atoms with van der Waals surface area (Å²) in [4.78, 5) is 16.7. The van der Waals surface area contributed by atoms with Gasteiger partial charge >= 0.3 is 0 Å². The Balaban J connectivity index is 2.01. The van der Waals surface area contributed by atoms with Crippen molar-refractivity contribution in [3.8, 4) is 0 Å². The van der Waals surface area contributed by atoms with Crippen molar-refractivity contribution in [2.24, 2.45) is 5.92 Å². The quantitative estimate of drug-likeness (QED) is 0.825. The summed E-state index contributed by atoms with van der Waals surface area (Å²) >= 11 is 0. The first-order chi connectivity index (χ1) is 9.59. The molecule has 0 N–H and O–H groups in total. The molecule has 1 amide bonds. The molecular formula is C17H24N2O. The van der Waals surface area contributed by atoms with Gasteiger partial charge in [-0.2, -0.15) is 0 Å². The summed E-state index contributed by atoms with van der Waals surface area (Å²) in [5, 5.41) is 0. The number of carbonyl (C=O) groups excluding carboxylic acids is 1. The number of amides is 1. The molecule has 0 aromatic heterocycles. The van der Waals surface area contributed by atoms with Crippen LogP contribution in [0.5, 0.6) is 0 Å². The van der Waals surface area contributed by atoms with Crippen molar-refractivity contribution in [2.45, 2.75) is 45.2 Å². The summed E-state index contributed by atoms with van der Waals surface area (Å²) in [6.07, 6.45) is 2.79. The van der Waals surface area contributed by atoms with Gasteiger partial charge in [0, 0.05) is 31.7 Å². The number of likely N-dealkylation sites (tertiary alicyclic amines) is 1. The van der Waals surface area contributed by atoms with Gasteiger partial charge in [0.2, 0.25) is 5.91 Å². The number of anilines is 1. The van der Waals surface area contributed by atoms with Crippen LogP contribution in [-0.4, -0.2) is 30.4 Å². The molecular weight excluding hydrogens is 248 g/mol. The van der Waals surface area contributed by atoms with Crippen LogP contribution in [0.15, 0.2) is 24.3 Å². The van der Waals surface area contributed by atoms with E-state index in [0.29, 0.717) is 17.9 Å². The number of hydrogen-bond donors (Lipinski definition) is 0. The molecule has 3 nitrogen and oxygen atoms in total. The number of benzene rings is 1. The maximum Gasteiger partial charge on any atom is 0.223 e. The Morgan fingerprint density at radius 1 is 1.25 bits per heavy atom. The lowest BCUT2D eigenvalue weighted by Gasteiger charge is -2.44. The lowest BCUT2D eigenvalue weighted by atomic mass is 9.85. The Morgan fingerprint density at radius 2 is 2.00 bits per heavy atom. The van der Waals surface area contributed by atoms with Crippen molar-refractivity contribution in [2.75, 3.05) is 18.5 Å². The summed E-state index contributed by atoms with van der Waals surface area (Å²) in [6.45, 7) is 5.47. The lowest BCUT2D eigenvalue weighted by molar-refractivity contribution is -0.130. The predicted molar refractivity (Wildman–Crippen MR) is 81.8 cm³/mol. The molecule has 2 aliphatic heterocycles. The van der Waals surface area contributed by atoms with Gasteiger partial charge in [0.15, 0.2) is 0 Å². The maximum atomic E-state index is 12.2. The lowest BCUT2D eigenvalue weighted by Crippen LogP contribution is -2.45. The molecule has 1 aromatic rings. The number of hydrogen-bond acceptors (Lipinski definition) is 2. The van der Waals surface area contributed by atoms with Crippen LogP contribution >= 0.6 is 0 Å². The number of nitrogens with zero attached hydrogens (tertiary/aromatic N) is 2. The Kier molecular flexibility index (Phi) is 3.45. The zero-order valence-electron chi connectivity index (χ0n) is 12.7. The molecule has 0 unspecified atom stereocenters. The molecule has 3 rings (SSSR count). The van der Waals surface area contributed by atoms with Gasteiger partial charge in [-0.1, -0.05) is 32.0 Å². The second-order valence-electron chi connectivity index (χ2n) is 6.42. The van der Waals surface area contributed by atoms with Gasteiger partial charge < -0.3 is 9.80 Å². The van der Waals surface area contributed by atoms with Crippen molar-refractivity contribution >= 4 is 11.6 Å². The zero-order chi connectivity index (χ0) is 14.3. The summed E-state index contributed by atoms with van der Waals surface area (Å²) < 4.78 is 0. The Labute approximate surface area is 121 Å². The van der Waals surface area contributed by atoms with Crippen LogP contribution in [0.4, 0.5) is 5.69 Å². The smallest absolute Gasteiger partial charge is 0.223 e. The standard InChI is InChI=1S/C17H24N2O/c1-12(2)15-11-16(19-10-6-9-17(19)20)13-7-4-5-8-14(13)18(15)3/h4-5,7-8,12,15-16H,6,9-11H2,1-3H3/t15-,16-/m0/s1. The number of para-hydroxylation sites is 1. The van der Waals surface area contributed by atoms with Crippen LogP contribution < -0.4 is 4.90 Å². The van der Waals surface area contributed by atoms with Gasteiger partial charge in [-0.25, -0.2) is 0 Å². The average molecular weight is 272 g/mol. The zero-order valence-corrected chi connectivity index (χ0v) is 12.7. The first kappa shape index (κ1) is 13.5. The van der Waals surface area contributed by atoms with Crippen molar-refractivity contribution in [3.63, 3.8) is 0 Å². The van der Waals surface area contributed by atoms with Crippen molar-refractivity contribution in [3.05, 3.63) is 29.8 Å². The largest absolute Gasteiger partial charge is 0.371 e.